The summed E-state index contributed by atoms with van der Waals surface area (Å²) in [5, 5.41) is 0. The van der Waals surface area contributed by atoms with Crippen LogP contribution in [0.15, 0.2) is 24.4 Å². The first-order chi connectivity index (χ1) is 9.99. The van der Waals surface area contributed by atoms with E-state index in [9.17, 15) is 9.18 Å². The third kappa shape index (κ3) is 2.72. The van der Waals surface area contributed by atoms with E-state index in [2.05, 4.69) is 4.98 Å². The fourth-order valence-electron chi connectivity index (χ4n) is 2.12. The van der Waals surface area contributed by atoms with Crippen molar-refractivity contribution in [3.63, 3.8) is 0 Å². The van der Waals surface area contributed by atoms with Crippen LogP contribution in [0.5, 0.6) is 5.75 Å². The number of halogens is 1. The van der Waals surface area contributed by atoms with Gasteiger partial charge in [0.15, 0.2) is 0 Å². The summed E-state index contributed by atoms with van der Waals surface area (Å²) in [4.78, 5) is 16.0. The quantitative estimate of drug-likeness (QED) is 0.813. The fourth-order valence-corrected chi connectivity index (χ4v) is 2.12. The molecule has 0 bridgehead atoms. The Kier molecular flexibility index (Phi) is 4.21. The Balaban J connectivity index is 2.80. The first-order valence-corrected chi connectivity index (χ1v) is 6.38. The largest absolute Gasteiger partial charge is 0.496 e. The van der Waals surface area contributed by atoms with E-state index >= 15 is 0 Å². The zero-order chi connectivity index (χ0) is 15.6. The van der Waals surface area contributed by atoms with Crippen molar-refractivity contribution in [1.82, 2.24) is 4.98 Å². The molecule has 0 N–H and O–H groups in total. The van der Waals surface area contributed by atoms with Crippen LogP contribution in [-0.4, -0.2) is 25.2 Å². The minimum Gasteiger partial charge on any atom is -0.496 e. The smallest absolute Gasteiger partial charge is 0.340 e. The number of methoxy groups -OCH3 is 2. The van der Waals surface area contributed by atoms with Crippen molar-refractivity contribution >= 4 is 5.97 Å². The molecule has 4 nitrogen and oxygen atoms in total. The summed E-state index contributed by atoms with van der Waals surface area (Å²) >= 11 is 0. The number of hydrogen-bond acceptors (Lipinski definition) is 4. The highest BCUT2D eigenvalue weighted by molar-refractivity contribution is 5.98. The van der Waals surface area contributed by atoms with Crippen molar-refractivity contribution in [3.05, 3.63) is 47.0 Å². The number of rotatable bonds is 3. The van der Waals surface area contributed by atoms with Crippen LogP contribution in [0.1, 0.15) is 21.6 Å². The summed E-state index contributed by atoms with van der Waals surface area (Å²) in [5.41, 5.74) is 1.98. The maximum atomic E-state index is 14.6. The third-order valence-electron chi connectivity index (χ3n) is 3.23. The first-order valence-electron chi connectivity index (χ1n) is 6.38. The lowest BCUT2D eigenvalue weighted by Crippen LogP contribution is -2.07. The van der Waals surface area contributed by atoms with Gasteiger partial charge in [-0.25, -0.2) is 9.18 Å². The summed E-state index contributed by atoms with van der Waals surface area (Å²) in [7, 11) is 2.73. The van der Waals surface area contributed by atoms with Gasteiger partial charge in [0.05, 0.1) is 25.3 Å². The Bertz CT molecular complexity index is 698. The Labute approximate surface area is 122 Å². The fraction of sp³-hybridized carbons (Fsp3) is 0.250. The number of carbonyl (C=O) groups is 1. The van der Waals surface area contributed by atoms with E-state index in [0.29, 0.717) is 22.6 Å². The van der Waals surface area contributed by atoms with Crippen LogP contribution >= 0.6 is 0 Å². The highest BCUT2D eigenvalue weighted by atomic mass is 19.1. The second-order valence-electron chi connectivity index (χ2n) is 4.64. The van der Waals surface area contributed by atoms with Gasteiger partial charge in [0.1, 0.15) is 11.6 Å². The SMILES string of the molecule is COC(=O)c1cnc(C)cc1-c1c(OC)ccc(C)c1F. The lowest BCUT2D eigenvalue weighted by atomic mass is 9.97. The number of carbonyl (C=O) groups excluding carboxylic acids is 1. The van der Waals surface area contributed by atoms with E-state index < -0.39 is 11.8 Å². The number of ether oxygens (including phenoxy) is 2. The average Bonchev–Trinajstić information content (AvgIpc) is 2.49. The van der Waals surface area contributed by atoms with Gasteiger partial charge in [0, 0.05) is 17.5 Å². The van der Waals surface area contributed by atoms with Crippen molar-refractivity contribution in [3.8, 4) is 16.9 Å². The molecule has 0 amide bonds. The number of aromatic nitrogens is 1. The minimum atomic E-state index is -0.569. The zero-order valence-corrected chi connectivity index (χ0v) is 12.4. The predicted octanol–water partition coefficient (Wildman–Crippen LogP) is 3.30. The van der Waals surface area contributed by atoms with Crippen molar-refractivity contribution in [2.75, 3.05) is 14.2 Å². The van der Waals surface area contributed by atoms with Crippen LogP contribution in [-0.2, 0) is 4.74 Å². The molecule has 0 fully saturated rings. The van der Waals surface area contributed by atoms with Crippen molar-refractivity contribution in [1.29, 1.82) is 0 Å². The maximum Gasteiger partial charge on any atom is 0.340 e. The number of benzene rings is 1. The summed E-state index contributed by atoms with van der Waals surface area (Å²) in [6.45, 7) is 3.43. The van der Waals surface area contributed by atoms with Crippen LogP contribution < -0.4 is 4.74 Å². The number of aryl methyl sites for hydroxylation is 2. The number of esters is 1. The Hall–Kier alpha value is -2.43. The predicted molar refractivity (Wildman–Crippen MR) is 77.0 cm³/mol. The van der Waals surface area contributed by atoms with Gasteiger partial charge in [0.25, 0.3) is 0 Å². The van der Waals surface area contributed by atoms with Crippen molar-refractivity contribution in [2.24, 2.45) is 0 Å². The van der Waals surface area contributed by atoms with E-state index in [4.69, 9.17) is 9.47 Å². The molecule has 0 aliphatic carbocycles. The molecular weight excluding hydrogens is 273 g/mol. The Morgan fingerprint density at radius 3 is 2.57 bits per heavy atom. The molecule has 1 heterocycles. The summed E-state index contributed by atoms with van der Waals surface area (Å²) in [6.07, 6.45) is 1.39. The summed E-state index contributed by atoms with van der Waals surface area (Å²) < 4.78 is 24.5. The van der Waals surface area contributed by atoms with Gasteiger partial charge in [-0.15, -0.1) is 0 Å². The Morgan fingerprint density at radius 2 is 1.95 bits per heavy atom. The van der Waals surface area contributed by atoms with Gasteiger partial charge < -0.3 is 9.47 Å². The summed E-state index contributed by atoms with van der Waals surface area (Å²) in [6, 6.07) is 4.95. The van der Waals surface area contributed by atoms with E-state index in [1.54, 1.807) is 32.0 Å². The molecule has 0 spiro atoms. The van der Waals surface area contributed by atoms with E-state index in [0.717, 1.165) is 0 Å². The van der Waals surface area contributed by atoms with Crippen molar-refractivity contribution < 1.29 is 18.7 Å². The Morgan fingerprint density at radius 1 is 1.24 bits per heavy atom. The summed E-state index contributed by atoms with van der Waals surface area (Å²) in [5.74, 6) is -0.639. The molecular formula is C16H16FNO3. The van der Waals surface area contributed by atoms with Crippen molar-refractivity contribution in [2.45, 2.75) is 13.8 Å². The van der Waals surface area contributed by atoms with Gasteiger partial charge in [-0.2, -0.15) is 0 Å². The standard InChI is InChI=1S/C16H16FNO3/c1-9-5-6-13(20-3)14(15(9)17)11-7-10(2)18-8-12(11)16(19)21-4/h5-8H,1-4H3. The molecule has 1 aromatic heterocycles. The average molecular weight is 289 g/mol. The normalized spacial score (nSPS) is 10.3. The highest BCUT2D eigenvalue weighted by Crippen LogP contribution is 2.36. The molecule has 0 saturated heterocycles. The first kappa shape index (κ1) is 15.0. The molecule has 110 valence electrons. The minimum absolute atomic E-state index is 0.200. The molecule has 0 unspecified atom stereocenters. The molecule has 0 atom stereocenters. The molecule has 5 heteroatoms. The van der Waals surface area contributed by atoms with Gasteiger partial charge in [-0.1, -0.05) is 6.07 Å². The third-order valence-corrected chi connectivity index (χ3v) is 3.23. The molecule has 0 aliphatic rings. The molecule has 2 aromatic rings. The van der Waals surface area contributed by atoms with Crippen LogP contribution in [0.25, 0.3) is 11.1 Å². The van der Waals surface area contributed by atoms with Crippen LogP contribution in [0, 0.1) is 19.7 Å². The lowest BCUT2D eigenvalue weighted by Gasteiger charge is -2.14. The van der Waals surface area contributed by atoms with Crippen LogP contribution in [0.2, 0.25) is 0 Å². The molecule has 21 heavy (non-hydrogen) atoms. The van der Waals surface area contributed by atoms with Crippen LogP contribution in [0.4, 0.5) is 4.39 Å². The van der Waals surface area contributed by atoms with Gasteiger partial charge in [-0.3, -0.25) is 4.98 Å². The number of pyridine rings is 1. The lowest BCUT2D eigenvalue weighted by molar-refractivity contribution is 0.0601. The monoisotopic (exact) mass is 289 g/mol. The van der Waals surface area contributed by atoms with Gasteiger partial charge in [0.2, 0.25) is 0 Å². The molecule has 1 aromatic carbocycles. The number of hydrogen-bond donors (Lipinski definition) is 0. The van der Waals surface area contributed by atoms with Gasteiger partial charge >= 0.3 is 5.97 Å². The van der Waals surface area contributed by atoms with E-state index in [-0.39, 0.29) is 11.1 Å². The molecule has 0 aliphatic heterocycles. The highest BCUT2D eigenvalue weighted by Gasteiger charge is 2.21. The zero-order valence-electron chi connectivity index (χ0n) is 12.4. The molecule has 0 radical (unpaired) electrons. The molecule has 2 rings (SSSR count). The number of nitrogens with zero attached hydrogens (tertiary/aromatic N) is 1. The second kappa shape index (κ2) is 5.91. The van der Waals surface area contributed by atoms with Crippen LogP contribution in [0.3, 0.4) is 0 Å². The van der Waals surface area contributed by atoms with E-state index in [1.165, 1.54) is 20.4 Å². The molecule has 0 saturated carbocycles. The maximum absolute atomic E-state index is 14.6. The topological polar surface area (TPSA) is 48.4 Å². The van der Waals surface area contributed by atoms with E-state index in [1.807, 2.05) is 0 Å². The van der Waals surface area contributed by atoms with Gasteiger partial charge in [-0.05, 0) is 31.5 Å². The second-order valence-corrected chi connectivity index (χ2v) is 4.64.